The minimum absolute atomic E-state index is 0.250. The number of carbonyl (C=O) groups excluding carboxylic acids is 1. The summed E-state index contributed by atoms with van der Waals surface area (Å²) in [5.74, 6) is 0.334. The zero-order valence-electron chi connectivity index (χ0n) is 15.7. The topological polar surface area (TPSA) is 122 Å². The lowest BCUT2D eigenvalue weighted by Gasteiger charge is -2.12. The summed E-state index contributed by atoms with van der Waals surface area (Å²) in [6.45, 7) is 3.18. The number of hydrogen-bond donors (Lipinski definition) is 3. The SMILES string of the molecule is Cc1cc(NC(=O)c2n[nH]c3c2COCC3)n(Cc2cccc(Cl)c2)n1.O=CO. The van der Waals surface area contributed by atoms with E-state index < -0.39 is 0 Å². The molecule has 0 saturated heterocycles. The number of halogens is 1. The van der Waals surface area contributed by atoms with Gasteiger partial charge in [-0.15, -0.1) is 0 Å². The number of H-pyrrole nitrogens is 1. The van der Waals surface area contributed by atoms with Crippen LogP contribution >= 0.6 is 11.6 Å². The predicted octanol–water partition coefficient (Wildman–Crippen LogP) is 2.64. The summed E-state index contributed by atoms with van der Waals surface area (Å²) in [6, 6.07) is 9.40. The predicted molar refractivity (Wildman–Crippen MR) is 106 cm³/mol. The Bertz CT molecular complexity index is 1010. The molecule has 1 aliphatic heterocycles. The number of amides is 1. The second-order valence-electron chi connectivity index (χ2n) is 6.35. The molecule has 0 bridgehead atoms. The number of aryl methyl sites for hydroxylation is 1. The molecule has 0 saturated carbocycles. The largest absolute Gasteiger partial charge is 0.483 e. The van der Waals surface area contributed by atoms with Crippen LogP contribution in [0.15, 0.2) is 30.3 Å². The van der Waals surface area contributed by atoms with Crippen molar-refractivity contribution >= 4 is 29.8 Å². The van der Waals surface area contributed by atoms with Gasteiger partial charge in [-0.3, -0.25) is 14.7 Å². The number of aromatic amines is 1. The van der Waals surface area contributed by atoms with Gasteiger partial charge in [-0.05, 0) is 24.6 Å². The summed E-state index contributed by atoms with van der Waals surface area (Å²) in [6.07, 6.45) is 0.738. The molecule has 29 heavy (non-hydrogen) atoms. The van der Waals surface area contributed by atoms with E-state index in [9.17, 15) is 4.79 Å². The average molecular weight is 418 g/mol. The average Bonchev–Trinajstić information content (AvgIpc) is 3.26. The highest BCUT2D eigenvalue weighted by atomic mass is 35.5. The van der Waals surface area contributed by atoms with E-state index in [1.807, 2.05) is 37.3 Å². The van der Waals surface area contributed by atoms with Gasteiger partial charge in [-0.1, -0.05) is 23.7 Å². The molecule has 152 valence electrons. The van der Waals surface area contributed by atoms with E-state index in [0.29, 0.717) is 36.3 Å². The van der Waals surface area contributed by atoms with Crippen LogP contribution in [0.4, 0.5) is 5.82 Å². The van der Waals surface area contributed by atoms with Crippen molar-refractivity contribution in [2.45, 2.75) is 26.5 Å². The smallest absolute Gasteiger partial charge is 0.290 e. The molecular weight excluding hydrogens is 398 g/mol. The Balaban J connectivity index is 0.000000755. The van der Waals surface area contributed by atoms with Crippen molar-refractivity contribution in [1.82, 2.24) is 20.0 Å². The Kier molecular flexibility index (Phi) is 6.63. The van der Waals surface area contributed by atoms with Crippen LogP contribution < -0.4 is 5.32 Å². The summed E-state index contributed by atoms with van der Waals surface area (Å²) < 4.78 is 7.19. The molecular formula is C19H20ClN5O4. The second-order valence-corrected chi connectivity index (χ2v) is 6.79. The Morgan fingerprint density at radius 2 is 2.24 bits per heavy atom. The number of aromatic nitrogens is 4. The van der Waals surface area contributed by atoms with E-state index in [0.717, 1.165) is 28.9 Å². The van der Waals surface area contributed by atoms with Crippen LogP contribution in [-0.4, -0.2) is 44.1 Å². The van der Waals surface area contributed by atoms with Gasteiger partial charge in [0.1, 0.15) is 5.82 Å². The van der Waals surface area contributed by atoms with Crippen LogP contribution in [0.2, 0.25) is 5.02 Å². The third kappa shape index (κ3) is 5.01. The third-order valence-electron chi connectivity index (χ3n) is 4.28. The van der Waals surface area contributed by atoms with E-state index in [4.69, 9.17) is 26.2 Å². The van der Waals surface area contributed by atoms with Crippen LogP contribution in [0.5, 0.6) is 0 Å². The standard InChI is InChI=1S/C18H18ClN5O2.CH2O2/c1-11-7-16(24(23-11)9-12-3-2-4-13(19)8-12)20-18(25)17-14-10-26-6-5-15(14)21-22-17;2-1-3/h2-4,7-8H,5-6,9-10H2,1H3,(H,20,25)(H,21,22);1H,(H,2,3). The summed E-state index contributed by atoms with van der Waals surface area (Å²) >= 11 is 6.05. The highest BCUT2D eigenvalue weighted by Gasteiger charge is 2.23. The van der Waals surface area contributed by atoms with E-state index in [-0.39, 0.29) is 12.4 Å². The van der Waals surface area contributed by atoms with Crippen molar-refractivity contribution in [3.63, 3.8) is 0 Å². The third-order valence-corrected chi connectivity index (χ3v) is 4.51. The molecule has 2 aromatic heterocycles. The van der Waals surface area contributed by atoms with Crippen molar-refractivity contribution in [3.05, 3.63) is 63.6 Å². The lowest BCUT2D eigenvalue weighted by atomic mass is 10.1. The van der Waals surface area contributed by atoms with Crippen molar-refractivity contribution in [2.75, 3.05) is 11.9 Å². The number of hydrogen-bond acceptors (Lipinski definition) is 5. The maximum absolute atomic E-state index is 12.7. The minimum atomic E-state index is -0.278. The lowest BCUT2D eigenvalue weighted by molar-refractivity contribution is -0.122. The van der Waals surface area contributed by atoms with E-state index in [2.05, 4.69) is 20.6 Å². The molecule has 0 atom stereocenters. The van der Waals surface area contributed by atoms with E-state index in [1.165, 1.54) is 0 Å². The Morgan fingerprint density at radius 3 is 3.00 bits per heavy atom. The molecule has 0 radical (unpaired) electrons. The number of nitrogens with one attached hydrogen (secondary N) is 2. The van der Waals surface area contributed by atoms with Gasteiger partial charge in [-0.2, -0.15) is 10.2 Å². The molecule has 3 heterocycles. The van der Waals surface area contributed by atoms with Crippen LogP contribution in [0.1, 0.15) is 33.0 Å². The molecule has 1 aliphatic rings. The number of ether oxygens (including phenoxy) is 1. The number of rotatable bonds is 4. The molecule has 1 aromatic carbocycles. The van der Waals surface area contributed by atoms with Gasteiger partial charge in [0, 0.05) is 28.8 Å². The zero-order valence-corrected chi connectivity index (χ0v) is 16.4. The van der Waals surface area contributed by atoms with Crippen molar-refractivity contribution < 1.29 is 19.4 Å². The molecule has 9 nitrogen and oxygen atoms in total. The Hall–Kier alpha value is -3.17. The van der Waals surface area contributed by atoms with Gasteiger partial charge in [-0.25, -0.2) is 4.68 Å². The molecule has 3 N–H and O–H groups in total. The van der Waals surface area contributed by atoms with E-state index in [1.54, 1.807) is 4.68 Å². The molecule has 1 amide bonds. The summed E-state index contributed by atoms with van der Waals surface area (Å²) in [4.78, 5) is 21.1. The first-order chi connectivity index (χ1) is 14.0. The summed E-state index contributed by atoms with van der Waals surface area (Å²) in [7, 11) is 0. The highest BCUT2D eigenvalue weighted by molar-refractivity contribution is 6.30. The first-order valence-electron chi connectivity index (χ1n) is 8.83. The first-order valence-corrected chi connectivity index (χ1v) is 9.21. The lowest BCUT2D eigenvalue weighted by Crippen LogP contribution is -2.19. The molecule has 0 fully saturated rings. The second kappa shape index (κ2) is 9.35. The number of carbonyl (C=O) groups is 2. The molecule has 0 unspecified atom stereocenters. The molecule has 3 aromatic rings. The van der Waals surface area contributed by atoms with Crippen molar-refractivity contribution in [2.24, 2.45) is 0 Å². The maximum Gasteiger partial charge on any atom is 0.290 e. The Labute approximate surface area is 171 Å². The van der Waals surface area contributed by atoms with Gasteiger partial charge < -0.3 is 15.2 Å². The van der Waals surface area contributed by atoms with Crippen LogP contribution in [0, 0.1) is 6.92 Å². The number of anilines is 1. The molecule has 10 heteroatoms. The van der Waals surface area contributed by atoms with Crippen LogP contribution in [0.25, 0.3) is 0 Å². The van der Waals surface area contributed by atoms with Crippen molar-refractivity contribution in [3.8, 4) is 0 Å². The van der Waals surface area contributed by atoms with Crippen molar-refractivity contribution in [1.29, 1.82) is 0 Å². The maximum atomic E-state index is 12.7. The van der Waals surface area contributed by atoms with Gasteiger partial charge in [0.15, 0.2) is 5.69 Å². The van der Waals surface area contributed by atoms with Crippen LogP contribution in [0.3, 0.4) is 0 Å². The number of fused-ring (bicyclic) bond motifs is 1. The fourth-order valence-corrected chi connectivity index (χ4v) is 3.26. The van der Waals surface area contributed by atoms with Gasteiger partial charge in [0.05, 0.1) is 25.5 Å². The molecule has 0 aliphatic carbocycles. The van der Waals surface area contributed by atoms with Crippen LogP contribution in [-0.2, 0) is 29.1 Å². The summed E-state index contributed by atoms with van der Waals surface area (Å²) in [5, 5.41) is 22.0. The zero-order chi connectivity index (χ0) is 20.8. The number of nitrogens with zero attached hydrogens (tertiary/aromatic N) is 3. The first kappa shape index (κ1) is 20.6. The minimum Gasteiger partial charge on any atom is -0.483 e. The fraction of sp³-hybridized carbons (Fsp3) is 0.263. The monoisotopic (exact) mass is 417 g/mol. The fourth-order valence-electron chi connectivity index (χ4n) is 3.05. The number of carboxylic acid groups (broad SMARTS) is 1. The highest BCUT2D eigenvalue weighted by Crippen LogP contribution is 2.20. The quantitative estimate of drug-likeness (QED) is 0.561. The molecule has 4 rings (SSSR count). The van der Waals surface area contributed by atoms with Gasteiger partial charge >= 0.3 is 0 Å². The molecule has 0 spiro atoms. The van der Waals surface area contributed by atoms with Gasteiger partial charge in [0.2, 0.25) is 0 Å². The Morgan fingerprint density at radius 1 is 1.45 bits per heavy atom. The van der Waals surface area contributed by atoms with Gasteiger partial charge in [0.25, 0.3) is 12.4 Å². The van der Waals surface area contributed by atoms with E-state index >= 15 is 0 Å². The summed E-state index contributed by atoms with van der Waals surface area (Å²) in [5.41, 5.74) is 3.97. The normalized spacial score (nSPS) is 12.5. The number of benzene rings is 1.